The lowest BCUT2D eigenvalue weighted by Crippen LogP contribution is -2.33. The average molecular weight is 748 g/mol. The molecule has 54 heavy (non-hydrogen) atoms. The zero-order chi connectivity index (χ0) is 39.8. The second kappa shape index (κ2) is 20.5. The lowest BCUT2D eigenvalue weighted by molar-refractivity contribution is -0.121. The number of benzene rings is 3. The summed E-state index contributed by atoms with van der Waals surface area (Å²) in [5.74, 6) is -0.551. The van der Waals surface area contributed by atoms with Crippen LogP contribution < -0.4 is 41.2 Å². The summed E-state index contributed by atoms with van der Waals surface area (Å²) < 4.78 is 22.8. The van der Waals surface area contributed by atoms with Gasteiger partial charge in [0.1, 0.15) is 17.1 Å². The first-order chi connectivity index (χ1) is 25.6. The van der Waals surface area contributed by atoms with Gasteiger partial charge in [0.05, 0.1) is 48.4 Å². The maximum Gasteiger partial charge on any atom is 0.407 e. The number of aryl methyl sites for hydroxylation is 1. The fraction of sp³-hybridized carbons (Fsp3) is 0.425. The Bertz CT molecular complexity index is 1790. The number of methoxy groups -OCH3 is 1. The molecule has 6 N–H and O–H groups in total. The molecule has 0 aliphatic carbocycles. The first kappa shape index (κ1) is 42.6. The number of para-hydroxylation sites is 1. The average Bonchev–Trinajstić information content (AvgIpc) is 3.11. The summed E-state index contributed by atoms with van der Waals surface area (Å²) in [4.78, 5) is 63.8. The molecule has 3 aromatic rings. The van der Waals surface area contributed by atoms with Gasteiger partial charge in [-0.25, -0.2) is 4.79 Å². The molecular weight excluding hydrogens is 694 g/mol. The van der Waals surface area contributed by atoms with Crippen molar-refractivity contribution in [1.29, 1.82) is 0 Å². The molecular formula is C40H53N5O9. The fourth-order valence-corrected chi connectivity index (χ4v) is 5.33. The van der Waals surface area contributed by atoms with Crippen molar-refractivity contribution in [2.75, 3.05) is 51.1 Å². The highest BCUT2D eigenvalue weighted by molar-refractivity contribution is 6.16. The third-order valence-electron chi connectivity index (χ3n) is 8.03. The largest absolute Gasteiger partial charge is 0.494 e. The molecule has 0 saturated heterocycles. The van der Waals surface area contributed by atoms with Crippen molar-refractivity contribution in [1.82, 2.24) is 10.6 Å². The van der Waals surface area contributed by atoms with Crippen molar-refractivity contribution < 1.29 is 42.9 Å². The molecule has 0 spiro atoms. The first-order valence-electron chi connectivity index (χ1n) is 17.9. The molecule has 0 saturated carbocycles. The predicted octanol–water partition coefficient (Wildman–Crippen LogP) is 5.32. The van der Waals surface area contributed by atoms with Crippen LogP contribution in [0.5, 0.6) is 17.2 Å². The quantitative estimate of drug-likeness (QED) is 0.0666. The van der Waals surface area contributed by atoms with E-state index < -0.39 is 29.3 Å². The zero-order valence-electron chi connectivity index (χ0n) is 32.0. The molecule has 14 nitrogen and oxygen atoms in total. The number of carbonyl (C=O) groups excluding carboxylic acids is 5. The molecule has 0 atom stereocenters. The number of carbonyl (C=O) groups is 5. The number of alkyl carbamates (subject to hydrolysis) is 1. The second-order valence-electron chi connectivity index (χ2n) is 13.6. The van der Waals surface area contributed by atoms with Crippen LogP contribution in [0.3, 0.4) is 0 Å². The summed E-state index contributed by atoms with van der Waals surface area (Å²) in [5.41, 5.74) is 13.0. The molecule has 3 aromatic carbocycles. The van der Waals surface area contributed by atoms with E-state index in [0.29, 0.717) is 56.0 Å². The normalized spacial score (nSPS) is 10.9. The predicted molar refractivity (Wildman–Crippen MR) is 206 cm³/mol. The molecule has 4 amide bonds. The van der Waals surface area contributed by atoms with E-state index in [-0.39, 0.29) is 53.6 Å². The molecule has 0 radical (unpaired) electrons. The van der Waals surface area contributed by atoms with Gasteiger partial charge in [-0.2, -0.15) is 0 Å². The van der Waals surface area contributed by atoms with Crippen LogP contribution in [0.1, 0.15) is 91.1 Å². The standard InChI is InChI=1S/C40H53N5O9/c1-26-16-19-30(32(25-26)53-23-11-7-8-15-34(47)43-22-20-33(41)46)45(5)38(49)28-17-18-29(37(51-6)35(28)42)36(48)27-13-9-10-14-31(27)52-24-12-21-44-39(50)54-40(2,3)4/h9-10,13-14,16-19,25H,7-8,11-12,15,20-24,42H2,1-6H3,(H2,41,46)(H,43,47)(H,44,50). The Morgan fingerprint density at radius 1 is 0.778 bits per heavy atom. The topological polar surface area (TPSA) is 202 Å². The van der Waals surface area contributed by atoms with Gasteiger partial charge in [0.2, 0.25) is 17.6 Å². The number of nitrogen functional groups attached to an aromatic ring is 1. The Labute approximate surface area is 316 Å². The van der Waals surface area contributed by atoms with Crippen LogP contribution in [0, 0.1) is 6.92 Å². The fourth-order valence-electron chi connectivity index (χ4n) is 5.33. The van der Waals surface area contributed by atoms with Gasteiger partial charge in [-0.3, -0.25) is 19.2 Å². The number of hydrogen-bond acceptors (Lipinski definition) is 10. The molecule has 0 unspecified atom stereocenters. The van der Waals surface area contributed by atoms with Gasteiger partial charge in [-0.05, 0) is 95.3 Å². The summed E-state index contributed by atoms with van der Waals surface area (Å²) in [7, 11) is 2.99. The Kier molecular flexibility index (Phi) is 16.1. The maximum atomic E-state index is 13.9. The molecule has 0 aliphatic heterocycles. The number of ketones is 1. The van der Waals surface area contributed by atoms with Gasteiger partial charge in [0.25, 0.3) is 5.91 Å². The van der Waals surface area contributed by atoms with Gasteiger partial charge >= 0.3 is 6.09 Å². The van der Waals surface area contributed by atoms with Crippen molar-refractivity contribution in [2.24, 2.45) is 5.73 Å². The number of anilines is 2. The van der Waals surface area contributed by atoms with Gasteiger partial charge in [-0.1, -0.05) is 18.2 Å². The molecule has 0 aromatic heterocycles. The lowest BCUT2D eigenvalue weighted by atomic mass is 9.98. The Morgan fingerprint density at radius 2 is 1.46 bits per heavy atom. The minimum Gasteiger partial charge on any atom is -0.494 e. The van der Waals surface area contributed by atoms with Gasteiger partial charge in [0.15, 0.2) is 5.75 Å². The van der Waals surface area contributed by atoms with Gasteiger partial charge in [0, 0.05) is 33.0 Å². The molecule has 0 fully saturated rings. The molecule has 3 rings (SSSR count). The Balaban J connectivity index is 1.67. The number of ether oxygens (including phenoxy) is 4. The van der Waals surface area contributed by atoms with E-state index in [2.05, 4.69) is 10.6 Å². The van der Waals surface area contributed by atoms with Crippen molar-refractivity contribution in [3.05, 3.63) is 76.9 Å². The van der Waals surface area contributed by atoms with E-state index in [1.54, 1.807) is 58.2 Å². The lowest BCUT2D eigenvalue weighted by Gasteiger charge is -2.23. The number of nitrogens with two attached hydrogens (primary N) is 2. The highest BCUT2D eigenvalue weighted by atomic mass is 16.6. The number of rotatable bonds is 20. The van der Waals surface area contributed by atoms with E-state index in [1.807, 2.05) is 19.1 Å². The van der Waals surface area contributed by atoms with E-state index in [1.165, 1.54) is 24.1 Å². The van der Waals surface area contributed by atoms with Crippen molar-refractivity contribution >= 4 is 41.0 Å². The Hall–Kier alpha value is -5.79. The highest BCUT2D eigenvalue weighted by Gasteiger charge is 2.26. The van der Waals surface area contributed by atoms with E-state index in [0.717, 1.165) is 12.0 Å². The number of primary amides is 1. The monoisotopic (exact) mass is 747 g/mol. The number of unbranched alkanes of at least 4 members (excludes halogenated alkanes) is 2. The number of amides is 4. The summed E-state index contributed by atoms with van der Waals surface area (Å²) in [6, 6.07) is 15.3. The third-order valence-corrected chi connectivity index (χ3v) is 8.03. The highest BCUT2D eigenvalue weighted by Crippen LogP contribution is 2.36. The summed E-state index contributed by atoms with van der Waals surface area (Å²) >= 11 is 0. The molecule has 0 bridgehead atoms. The molecule has 0 heterocycles. The number of nitrogens with zero attached hydrogens (tertiary/aromatic N) is 1. The van der Waals surface area contributed by atoms with E-state index in [4.69, 9.17) is 30.4 Å². The van der Waals surface area contributed by atoms with Crippen LogP contribution in [0.2, 0.25) is 0 Å². The smallest absolute Gasteiger partial charge is 0.407 e. The van der Waals surface area contributed by atoms with Crippen molar-refractivity contribution in [2.45, 2.75) is 71.8 Å². The van der Waals surface area contributed by atoms with Crippen LogP contribution >= 0.6 is 0 Å². The number of hydrogen-bond donors (Lipinski definition) is 4. The van der Waals surface area contributed by atoms with Crippen LogP contribution in [0.4, 0.5) is 16.2 Å². The molecule has 0 aliphatic rings. The van der Waals surface area contributed by atoms with Crippen molar-refractivity contribution in [3.63, 3.8) is 0 Å². The van der Waals surface area contributed by atoms with Crippen LogP contribution in [-0.4, -0.2) is 75.7 Å². The Morgan fingerprint density at radius 3 is 2.17 bits per heavy atom. The zero-order valence-corrected chi connectivity index (χ0v) is 32.0. The minimum absolute atomic E-state index is 0.0000561. The van der Waals surface area contributed by atoms with Crippen LogP contribution in [0.25, 0.3) is 0 Å². The SMILES string of the molecule is COc1c(C(=O)c2ccccc2OCCCNC(=O)OC(C)(C)C)ccc(C(=O)N(C)c2ccc(C)cc2OCCCCCC(=O)NCCC(N)=O)c1N. The van der Waals surface area contributed by atoms with E-state index in [9.17, 15) is 24.0 Å². The first-order valence-corrected chi connectivity index (χ1v) is 17.9. The maximum absolute atomic E-state index is 13.9. The van der Waals surface area contributed by atoms with Crippen LogP contribution in [-0.2, 0) is 14.3 Å². The van der Waals surface area contributed by atoms with Gasteiger partial charge < -0.3 is 45.9 Å². The molecule has 292 valence electrons. The third kappa shape index (κ3) is 13.0. The van der Waals surface area contributed by atoms with E-state index >= 15 is 0 Å². The minimum atomic E-state index is -0.604. The second-order valence-corrected chi connectivity index (χ2v) is 13.6. The van der Waals surface area contributed by atoms with Crippen molar-refractivity contribution in [3.8, 4) is 17.2 Å². The summed E-state index contributed by atoms with van der Waals surface area (Å²) in [6.45, 7) is 8.40. The molecule has 14 heteroatoms. The van der Waals surface area contributed by atoms with Gasteiger partial charge in [-0.15, -0.1) is 0 Å². The number of nitrogens with one attached hydrogen (secondary N) is 2. The van der Waals surface area contributed by atoms with Crippen LogP contribution in [0.15, 0.2) is 54.6 Å². The summed E-state index contributed by atoms with van der Waals surface area (Å²) in [5, 5.41) is 5.34. The summed E-state index contributed by atoms with van der Waals surface area (Å²) in [6.07, 6.45) is 2.45.